The molecule has 0 aliphatic carbocycles. The van der Waals surface area contributed by atoms with Gasteiger partial charge in [0.1, 0.15) is 23.4 Å². The van der Waals surface area contributed by atoms with Gasteiger partial charge in [-0.3, -0.25) is 14.5 Å². The zero-order chi connectivity index (χ0) is 30.3. The number of rotatable bonds is 8. The fraction of sp³-hybridized carbons (Fsp3) is 0.303. The molecule has 3 aromatic rings. The Kier molecular flexibility index (Phi) is 9.80. The second-order valence-electron chi connectivity index (χ2n) is 11.0. The Labute approximate surface area is 241 Å². The standard InChI is InChI=1S/C33H37N3O5/c1-8-36(31(39)27(34-32(40)41-33(5,6)7)20-24-15-17-26(37)18-16-24)29(25-14-9-11-21(2)19-25)30(38)35-28-22(3)12-10-13-23(28)4/h1,9-19,27,29,37H,20H2,2-7H3,(H,34,40)(H,35,38). The van der Waals surface area contributed by atoms with E-state index in [0.29, 0.717) is 16.8 Å². The number of phenols is 1. The van der Waals surface area contributed by atoms with Gasteiger partial charge in [-0.05, 0) is 75.9 Å². The molecule has 2 unspecified atom stereocenters. The van der Waals surface area contributed by atoms with Gasteiger partial charge in [0.2, 0.25) is 0 Å². The molecular formula is C33H37N3O5. The molecule has 3 N–H and O–H groups in total. The quantitative estimate of drug-likeness (QED) is 0.249. The fourth-order valence-corrected chi connectivity index (χ4v) is 4.41. The molecular weight excluding hydrogens is 518 g/mol. The maximum atomic E-state index is 14.1. The summed E-state index contributed by atoms with van der Waals surface area (Å²) in [5, 5.41) is 15.3. The van der Waals surface area contributed by atoms with E-state index < -0.39 is 35.6 Å². The molecule has 2 atom stereocenters. The fourth-order valence-electron chi connectivity index (χ4n) is 4.41. The Balaban J connectivity index is 2.04. The van der Waals surface area contributed by atoms with Gasteiger partial charge in [-0.25, -0.2) is 4.79 Å². The average molecular weight is 556 g/mol. The van der Waals surface area contributed by atoms with Crippen LogP contribution in [0.25, 0.3) is 0 Å². The largest absolute Gasteiger partial charge is 0.508 e. The van der Waals surface area contributed by atoms with E-state index in [0.717, 1.165) is 21.6 Å². The Morgan fingerprint density at radius 2 is 1.59 bits per heavy atom. The molecule has 214 valence electrons. The van der Waals surface area contributed by atoms with E-state index >= 15 is 0 Å². The summed E-state index contributed by atoms with van der Waals surface area (Å²) in [6.45, 7) is 10.8. The van der Waals surface area contributed by atoms with Crippen LogP contribution in [-0.2, 0) is 20.7 Å². The highest BCUT2D eigenvalue weighted by Gasteiger charge is 2.36. The molecule has 8 nitrogen and oxygen atoms in total. The SMILES string of the molecule is C#CN(C(=O)C(Cc1ccc(O)cc1)NC(=O)OC(C)(C)C)C(C(=O)Nc1c(C)cccc1C)c1cccc(C)c1. The number of nitrogens with one attached hydrogen (secondary N) is 2. The van der Waals surface area contributed by atoms with Crippen molar-refractivity contribution >= 4 is 23.6 Å². The summed E-state index contributed by atoms with van der Waals surface area (Å²) >= 11 is 0. The third kappa shape index (κ3) is 8.36. The highest BCUT2D eigenvalue weighted by atomic mass is 16.6. The molecule has 3 amide bonds. The summed E-state index contributed by atoms with van der Waals surface area (Å²) in [4.78, 5) is 41.8. The van der Waals surface area contributed by atoms with Crippen molar-refractivity contribution < 1.29 is 24.2 Å². The lowest BCUT2D eigenvalue weighted by molar-refractivity contribution is -0.136. The van der Waals surface area contributed by atoms with E-state index in [2.05, 4.69) is 16.7 Å². The monoisotopic (exact) mass is 555 g/mol. The van der Waals surface area contributed by atoms with Gasteiger partial charge >= 0.3 is 6.09 Å². The number of aryl methyl sites for hydroxylation is 3. The first-order valence-corrected chi connectivity index (χ1v) is 13.3. The van der Waals surface area contributed by atoms with Crippen LogP contribution in [0.5, 0.6) is 5.75 Å². The maximum absolute atomic E-state index is 14.1. The minimum Gasteiger partial charge on any atom is -0.508 e. The number of aromatic hydroxyl groups is 1. The van der Waals surface area contributed by atoms with E-state index in [9.17, 15) is 19.5 Å². The molecule has 41 heavy (non-hydrogen) atoms. The summed E-state index contributed by atoms with van der Waals surface area (Å²) in [6.07, 6.45) is 5.15. The van der Waals surface area contributed by atoms with Crippen molar-refractivity contribution in [1.82, 2.24) is 10.2 Å². The zero-order valence-electron chi connectivity index (χ0n) is 24.3. The topological polar surface area (TPSA) is 108 Å². The number of nitrogens with zero attached hydrogens (tertiary/aromatic N) is 1. The van der Waals surface area contributed by atoms with Gasteiger partial charge in [-0.2, -0.15) is 0 Å². The molecule has 0 bridgehead atoms. The summed E-state index contributed by atoms with van der Waals surface area (Å²) in [5.41, 5.74) is 3.59. The molecule has 0 spiro atoms. The number of alkyl carbamates (subject to hydrolysis) is 1. The Morgan fingerprint density at radius 3 is 2.15 bits per heavy atom. The number of phenolic OH excluding ortho intramolecular Hbond substituents is 1. The first kappa shape index (κ1) is 30.8. The average Bonchev–Trinajstić information content (AvgIpc) is 2.88. The molecule has 0 radical (unpaired) electrons. The van der Waals surface area contributed by atoms with Crippen LogP contribution >= 0.6 is 0 Å². The third-order valence-corrected chi connectivity index (χ3v) is 6.34. The van der Waals surface area contributed by atoms with E-state index in [4.69, 9.17) is 11.2 Å². The summed E-state index contributed by atoms with van der Waals surface area (Å²) in [5.74, 6) is -1.11. The second kappa shape index (κ2) is 13.1. The van der Waals surface area contributed by atoms with Gasteiger partial charge < -0.3 is 20.5 Å². The van der Waals surface area contributed by atoms with Crippen LogP contribution in [0, 0.1) is 33.2 Å². The number of anilines is 1. The van der Waals surface area contributed by atoms with Crippen molar-refractivity contribution in [2.45, 2.75) is 65.6 Å². The van der Waals surface area contributed by atoms with Crippen LogP contribution in [0.4, 0.5) is 10.5 Å². The molecule has 3 rings (SSSR count). The predicted molar refractivity (Wildman–Crippen MR) is 159 cm³/mol. The predicted octanol–water partition coefficient (Wildman–Crippen LogP) is 5.55. The van der Waals surface area contributed by atoms with Crippen LogP contribution in [0.1, 0.15) is 54.6 Å². The van der Waals surface area contributed by atoms with E-state index in [1.54, 1.807) is 51.1 Å². The number of ether oxygens (including phenoxy) is 1. The van der Waals surface area contributed by atoms with Gasteiger partial charge in [-0.15, -0.1) is 0 Å². The molecule has 0 aliphatic rings. The zero-order valence-corrected chi connectivity index (χ0v) is 24.3. The smallest absolute Gasteiger partial charge is 0.408 e. The molecule has 0 heterocycles. The Morgan fingerprint density at radius 1 is 0.976 bits per heavy atom. The molecule has 8 heteroatoms. The van der Waals surface area contributed by atoms with Crippen molar-refractivity contribution in [3.63, 3.8) is 0 Å². The van der Waals surface area contributed by atoms with Crippen LogP contribution < -0.4 is 10.6 Å². The number of hydrogen-bond donors (Lipinski definition) is 3. The van der Waals surface area contributed by atoms with Crippen LogP contribution in [0.3, 0.4) is 0 Å². The van der Waals surface area contributed by atoms with Crippen LogP contribution in [0.15, 0.2) is 66.7 Å². The lowest BCUT2D eigenvalue weighted by atomic mass is 9.99. The summed E-state index contributed by atoms with van der Waals surface area (Å²) < 4.78 is 5.41. The number of benzene rings is 3. The Bertz CT molecular complexity index is 1430. The van der Waals surface area contributed by atoms with Crippen LogP contribution in [-0.4, -0.2) is 39.6 Å². The third-order valence-electron chi connectivity index (χ3n) is 6.34. The van der Waals surface area contributed by atoms with Gasteiger partial charge in [0.25, 0.3) is 11.8 Å². The number of carbonyl (C=O) groups excluding carboxylic acids is 3. The molecule has 0 aliphatic heterocycles. The van der Waals surface area contributed by atoms with Crippen molar-refractivity contribution in [2.24, 2.45) is 0 Å². The van der Waals surface area contributed by atoms with Crippen molar-refractivity contribution in [3.8, 4) is 18.2 Å². The van der Waals surface area contributed by atoms with Gasteiger partial charge in [0.15, 0.2) is 0 Å². The van der Waals surface area contributed by atoms with E-state index in [1.165, 1.54) is 12.1 Å². The van der Waals surface area contributed by atoms with Crippen molar-refractivity contribution in [1.29, 1.82) is 0 Å². The minimum absolute atomic E-state index is 0.0373. The minimum atomic E-state index is -1.20. The van der Waals surface area contributed by atoms with E-state index in [-0.39, 0.29) is 12.2 Å². The lowest BCUT2D eigenvalue weighted by Crippen LogP contribution is -2.51. The van der Waals surface area contributed by atoms with Gasteiger partial charge in [-0.1, -0.05) is 66.6 Å². The summed E-state index contributed by atoms with van der Waals surface area (Å²) in [6, 6.07) is 19.1. The number of amides is 3. The number of para-hydroxylation sites is 1. The maximum Gasteiger partial charge on any atom is 0.408 e. The van der Waals surface area contributed by atoms with Crippen LogP contribution in [0.2, 0.25) is 0 Å². The Hall–Kier alpha value is -4.77. The molecule has 0 aromatic heterocycles. The number of terminal acetylenes is 1. The molecule has 0 saturated heterocycles. The highest BCUT2D eigenvalue weighted by molar-refractivity contribution is 6.00. The van der Waals surface area contributed by atoms with E-state index in [1.807, 2.05) is 45.0 Å². The normalized spacial score (nSPS) is 12.4. The highest BCUT2D eigenvalue weighted by Crippen LogP contribution is 2.27. The van der Waals surface area contributed by atoms with Gasteiger partial charge in [0, 0.05) is 18.2 Å². The number of carbonyl (C=O) groups is 3. The van der Waals surface area contributed by atoms with Gasteiger partial charge in [0.05, 0.1) is 0 Å². The molecule has 0 fully saturated rings. The number of hydrogen-bond acceptors (Lipinski definition) is 5. The second-order valence-corrected chi connectivity index (χ2v) is 11.0. The van der Waals surface area contributed by atoms with Crippen molar-refractivity contribution in [2.75, 3.05) is 5.32 Å². The molecule has 3 aromatic carbocycles. The first-order chi connectivity index (χ1) is 19.3. The summed E-state index contributed by atoms with van der Waals surface area (Å²) in [7, 11) is 0. The van der Waals surface area contributed by atoms with Crippen molar-refractivity contribution in [3.05, 3.63) is 94.5 Å². The lowest BCUT2D eigenvalue weighted by Gasteiger charge is -2.31. The first-order valence-electron chi connectivity index (χ1n) is 13.3. The molecule has 0 saturated carbocycles.